The molecule has 3 aliphatic heterocycles. The van der Waals surface area contributed by atoms with E-state index in [2.05, 4.69) is 10.2 Å². The summed E-state index contributed by atoms with van der Waals surface area (Å²) in [5, 5.41) is 3.09. The fourth-order valence-corrected chi connectivity index (χ4v) is 8.40. The van der Waals surface area contributed by atoms with Crippen molar-refractivity contribution in [2.45, 2.75) is 94.0 Å². The smallest absolute Gasteiger partial charge is 0.376 e. The molecular formula is C41H48ClF6N3O3. The van der Waals surface area contributed by atoms with E-state index in [1.807, 2.05) is 59.5 Å². The van der Waals surface area contributed by atoms with E-state index in [4.69, 9.17) is 4.74 Å². The Morgan fingerprint density at radius 3 is 2.04 bits per heavy atom. The van der Waals surface area contributed by atoms with E-state index in [1.165, 1.54) is 0 Å². The second kappa shape index (κ2) is 17.5. The maximum absolute atomic E-state index is 13.6. The number of unbranched alkanes of at least 4 members (excludes halogenated alkanes) is 1. The Hall–Kier alpha value is -3.61. The van der Waals surface area contributed by atoms with E-state index >= 15 is 0 Å². The summed E-state index contributed by atoms with van der Waals surface area (Å²) in [6.45, 7) is 3.71. The second-order valence-electron chi connectivity index (χ2n) is 14.9. The van der Waals surface area contributed by atoms with Gasteiger partial charge in [-0.2, -0.15) is 26.3 Å². The quantitative estimate of drug-likeness (QED) is 0.131. The molecule has 13 heteroatoms. The predicted molar refractivity (Wildman–Crippen MR) is 197 cm³/mol. The number of halogens is 7. The minimum Gasteiger partial charge on any atom is -0.376 e. The summed E-state index contributed by atoms with van der Waals surface area (Å²) >= 11 is 0. The topological polar surface area (TPSA) is 61.9 Å². The van der Waals surface area contributed by atoms with Gasteiger partial charge in [0.15, 0.2) is 0 Å². The number of para-hydroxylation sites is 1. The Kier molecular flexibility index (Phi) is 13.4. The van der Waals surface area contributed by atoms with Crippen molar-refractivity contribution >= 4 is 29.9 Å². The van der Waals surface area contributed by atoms with Crippen LogP contribution in [-0.4, -0.2) is 60.9 Å². The average molecular weight is 780 g/mol. The van der Waals surface area contributed by atoms with Crippen LogP contribution < -0.4 is 5.32 Å². The van der Waals surface area contributed by atoms with E-state index in [0.717, 1.165) is 87.4 Å². The SMILES string of the molecule is Cl.O=C(CCCC1(CCCCN2CCC(COCc3cc(C(F)(F)F)cc(C(F)(F)F)c3)(c3ccccc3)CC2)C(=O)Nc2ccccc21)N1CCCC1. The molecule has 3 aromatic carbocycles. The number of amides is 2. The van der Waals surface area contributed by atoms with Gasteiger partial charge in [0.25, 0.3) is 0 Å². The molecule has 0 spiro atoms. The van der Waals surface area contributed by atoms with E-state index in [0.29, 0.717) is 38.5 Å². The van der Waals surface area contributed by atoms with Crippen LogP contribution in [0, 0.1) is 0 Å². The first-order valence-corrected chi connectivity index (χ1v) is 18.6. The standard InChI is InChI=1S/C41H47F6N3O3.ClH/c42-40(43,44)32-25-30(26-33(27-32)41(45,46)47)28-53-29-38(31-11-2-1-3-12-31)18-23-49(24-19-38)20-7-6-16-39(17-10-15-36(51)50-21-8-9-22-50)34-13-4-5-14-35(34)48-37(39)52;/h1-5,11-14,25-27H,6-10,15-24,28-29H2,(H,48,52);1H. The van der Waals surface area contributed by atoms with Crippen LogP contribution in [-0.2, 0) is 44.1 Å². The molecule has 2 fully saturated rings. The van der Waals surface area contributed by atoms with Gasteiger partial charge in [-0.05, 0) is 112 Å². The van der Waals surface area contributed by atoms with Gasteiger partial charge in [0.2, 0.25) is 11.8 Å². The number of ether oxygens (including phenoxy) is 1. The zero-order chi connectivity index (χ0) is 37.7. The van der Waals surface area contributed by atoms with Crippen LogP contribution >= 0.6 is 12.4 Å². The molecule has 0 aromatic heterocycles. The number of fused-ring (bicyclic) bond motifs is 1. The van der Waals surface area contributed by atoms with Gasteiger partial charge in [-0.3, -0.25) is 9.59 Å². The van der Waals surface area contributed by atoms with Crippen molar-refractivity contribution in [1.29, 1.82) is 0 Å². The lowest BCUT2D eigenvalue weighted by Crippen LogP contribution is -2.45. The highest BCUT2D eigenvalue weighted by Gasteiger charge is 2.46. The third-order valence-corrected chi connectivity index (χ3v) is 11.4. The van der Waals surface area contributed by atoms with Gasteiger partial charge in [0.1, 0.15) is 0 Å². The summed E-state index contributed by atoms with van der Waals surface area (Å²) in [7, 11) is 0. The third kappa shape index (κ3) is 9.60. The van der Waals surface area contributed by atoms with Crippen molar-refractivity contribution in [1.82, 2.24) is 9.80 Å². The minimum absolute atomic E-state index is 0. The molecule has 3 aromatic rings. The number of piperidine rings is 1. The molecule has 1 unspecified atom stereocenters. The van der Waals surface area contributed by atoms with Crippen LogP contribution in [0.3, 0.4) is 0 Å². The van der Waals surface area contributed by atoms with Crippen LogP contribution in [0.5, 0.6) is 0 Å². The lowest BCUT2D eigenvalue weighted by Gasteiger charge is -2.42. The number of carbonyl (C=O) groups is 2. The summed E-state index contributed by atoms with van der Waals surface area (Å²) in [5.41, 5.74) is -1.14. The van der Waals surface area contributed by atoms with Gasteiger partial charge in [-0.15, -0.1) is 12.4 Å². The molecule has 2 amide bonds. The molecule has 54 heavy (non-hydrogen) atoms. The van der Waals surface area contributed by atoms with E-state index in [1.54, 1.807) is 0 Å². The number of anilines is 1. The Bertz CT molecular complexity index is 1690. The van der Waals surface area contributed by atoms with E-state index in [-0.39, 0.29) is 49.1 Å². The van der Waals surface area contributed by atoms with Crippen LogP contribution in [0.2, 0.25) is 0 Å². The number of rotatable bonds is 14. The number of alkyl halides is 6. The van der Waals surface area contributed by atoms with Crippen LogP contribution in [0.15, 0.2) is 72.8 Å². The monoisotopic (exact) mass is 779 g/mol. The second-order valence-corrected chi connectivity index (χ2v) is 14.9. The van der Waals surface area contributed by atoms with E-state index < -0.39 is 34.3 Å². The number of hydrogen-bond acceptors (Lipinski definition) is 4. The van der Waals surface area contributed by atoms with Crippen LogP contribution in [0.1, 0.15) is 92.0 Å². The molecule has 294 valence electrons. The molecule has 0 bridgehead atoms. The van der Waals surface area contributed by atoms with Crippen molar-refractivity contribution < 1.29 is 40.7 Å². The van der Waals surface area contributed by atoms with Crippen molar-refractivity contribution in [3.05, 3.63) is 101 Å². The van der Waals surface area contributed by atoms with Crippen molar-refractivity contribution in [3.8, 4) is 0 Å². The van der Waals surface area contributed by atoms with Crippen molar-refractivity contribution in [2.75, 3.05) is 44.6 Å². The molecule has 1 N–H and O–H groups in total. The Labute approximate surface area is 319 Å². The Morgan fingerprint density at radius 2 is 1.39 bits per heavy atom. The number of hydrogen-bond donors (Lipinski definition) is 1. The van der Waals surface area contributed by atoms with Gasteiger partial charge in [0, 0.05) is 30.6 Å². The summed E-state index contributed by atoms with van der Waals surface area (Å²) in [6.07, 6.45) is -2.29. The lowest BCUT2D eigenvalue weighted by atomic mass is 9.73. The molecule has 6 nitrogen and oxygen atoms in total. The third-order valence-electron chi connectivity index (χ3n) is 11.4. The van der Waals surface area contributed by atoms with Crippen LogP contribution in [0.25, 0.3) is 0 Å². The van der Waals surface area contributed by atoms with Gasteiger partial charge in [-0.1, -0.05) is 55.0 Å². The summed E-state index contributed by atoms with van der Waals surface area (Å²) < 4.78 is 86.6. The number of benzene rings is 3. The van der Waals surface area contributed by atoms with Gasteiger partial charge < -0.3 is 19.9 Å². The highest BCUT2D eigenvalue weighted by molar-refractivity contribution is 6.06. The number of carbonyl (C=O) groups excluding carboxylic acids is 2. The zero-order valence-corrected chi connectivity index (χ0v) is 31.1. The minimum atomic E-state index is -4.92. The molecule has 3 aliphatic rings. The first kappa shape index (κ1) is 41.6. The zero-order valence-electron chi connectivity index (χ0n) is 30.2. The average Bonchev–Trinajstić information content (AvgIpc) is 3.77. The van der Waals surface area contributed by atoms with Gasteiger partial charge in [0.05, 0.1) is 29.8 Å². The van der Waals surface area contributed by atoms with Gasteiger partial charge >= 0.3 is 12.4 Å². The van der Waals surface area contributed by atoms with Crippen molar-refractivity contribution in [3.63, 3.8) is 0 Å². The first-order valence-electron chi connectivity index (χ1n) is 18.6. The number of likely N-dealkylation sites (tertiary alicyclic amines) is 2. The normalized spacial score (nSPS) is 20.0. The Morgan fingerprint density at radius 1 is 0.778 bits per heavy atom. The summed E-state index contributed by atoms with van der Waals surface area (Å²) in [5.74, 6) is 0.162. The molecule has 6 rings (SSSR count). The highest BCUT2D eigenvalue weighted by atomic mass is 35.5. The molecular weight excluding hydrogens is 732 g/mol. The molecule has 3 heterocycles. The van der Waals surface area contributed by atoms with Gasteiger partial charge in [-0.25, -0.2) is 0 Å². The summed E-state index contributed by atoms with van der Waals surface area (Å²) in [6, 6.07) is 19.1. The van der Waals surface area contributed by atoms with E-state index in [9.17, 15) is 35.9 Å². The molecule has 0 radical (unpaired) electrons. The predicted octanol–water partition coefficient (Wildman–Crippen LogP) is 9.55. The first-order chi connectivity index (χ1) is 25.3. The molecule has 0 saturated carbocycles. The van der Waals surface area contributed by atoms with Crippen LogP contribution in [0.4, 0.5) is 32.0 Å². The maximum atomic E-state index is 13.6. The molecule has 2 saturated heterocycles. The molecule has 0 aliphatic carbocycles. The number of nitrogens with zero attached hydrogens (tertiary/aromatic N) is 2. The largest absolute Gasteiger partial charge is 0.416 e. The summed E-state index contributed by atoms with van der Waals surface area (Å²) in [4.78, 5) is 30.6. The number of nitrogens with one attached hydrogen (secondary N) is 1. The fraction of sp³-hybridized carbons (Fsp3) is 0.512. The highest BCUT2D eigenvalue weighted by Crippen LogP contribution is 2.45. The lowest BCUT2D eigenvalue weighted by molar-refractivity contribution is -0.143. The molecule has 1 atom stereocenters. The maximum Gasteiger partial charge on any atom is 0.416 e. The van der Waals surface area contributed by atoms with Crippen molar-refractivity contribution in [2.24, 2.45) is 0 Å². The Balaban J connectivity index is 0.00000561. The fourth-order valence-electron chi connectivity index (χ4n) is 8.40.